The van der Waals surface area contributed by atoms with Crippen LogP contribution in [0, 0.1) is 6.92 Å². The van der Waals surface area contributed by atoms with Gasteiger partial charge < -0.3 is 4.74 Å². The van der Waals surface area contributed by atoms with Crippen LogP contribution in [-0.4, -0.2) is 21.5 Å². The number of hydrogen-bond donors (Lipinski definition) is 0. The minimum absolute atomic E-state index is 0.0430. The molecule has 94 valence electrons. The summed E-state index contributed by atoms with van der Waals surface area (Å²) in [4.78, 5) is 12.7. The lowest BCUT2D eigenvalue weighted by molar-refractivity contribution is 0.104. The van der Waals surface area contributed by atoms with E-state index in [0.717, 1.165) is 17.3 Å². The highest BCUT2D eigenvalue weighted by molar-refractivity contribution is 7.08. The summed E-state index contributed by atoms with van der Waals surface area (Å²) < 4.78 is 9.30. The fourth-order valence-corrected chi connectivity index (χ4v) is 2.15. The summed E-state index contributed by atoms with van der Waals surface area (Å²) in [6.07, 6.45) is 0.125. The monoisotopic (exact) mass is 262 g/mol. The van der Waals surface area contributed by atoms with Crippen molar-refractivity contribution in [1.82, 2.24) is 9.59 Å². The minimum Gasteiger partial charge on any atom is -0.491 e. The Morgan fingerprint density at radius 3 is 2.44 bits per heavy atom. The molecule has 0 saturated heterocycles. The maximum Gasteiger partial charge on any atom is 0.206 e. The lowest BCUT2D eigenvalue weighted by Crippen LogP contribution is -2.06. The van der Waals surface area contributed by atoms with Gasteiger partial charge in [-0.15, -0.1) is 5.10 Å². The van der Waals surface area contributed by atoms with E-state index in [1.165, 1.54) is 0 Å². The Labute approximate surface area is 110 Å². The van der Waals surface area contributed by atoms with Crippen molar-refractivity contribution in [3.63, 3.8) is 0 Å². The first kappa shape index (κ1) is 12.7. The van der Waals surface area contributed by atoms with Crippen LogP contribution in [0.5, 0.6) is 5.75 Å². The van der Waals surface area contributed by atoms with Crippen molar-refractivity contribution in [3.8, 4) is 5.75 Å². The average Bonchev–Trinajstić information content (AvgIpc) is 2.75. The quantitative estimate of drug-likeness (QED) is 0.795. The lowest BCUT2D eigenvalue weighted by Gasteiger charge is -2.09. The number of nitrogens with zero attached hydrogens (tertiary/aromatic N) is 2. The average molecular weight is 262 g/mol. The summed E-state index contributed by atoms with van der Waals surface area (Å²) in [6, 6.07) is 7.13. The first-order chi connectivity index (χ1) is 8.58. The minimum atomic E-state index is -0.0430. The zero-order valence-electron chi connectivity index (χ0n) is 10.5. The van der Waals surface area contributed by atoms with Gasteiger partial charge in [-0.25, -0.2) is 0 Å². The highest BCUT2D eigenvalue weighted by Crippen LogP contribution is 2.19. The predicted molar refractivity (Wildman–Crippen MR) is 70.3 cm³/mol. The molecule has 0 atom stereocenters. The molecule has 0 spiro atoms. The van der Waals surface area contributed by atoms with Gasteiger partial charge in [0.25, 0.3) is 0 Å². The molecular formula is C13H14N2O2S. The van der Waals surface area contributed by atoms with E-state index in [-0.39, 0.29) is 11.9 Å². The maximum atomic E-state index is 12.2. The zero-order chi connectivity index (χ0) is 13.1. The number of benzene rings is 1. The van der Waals surface area contributed by atoms with Gasteiger partial charge in [0.2, 0.25) is 5.78 Å². The molecule has 18 heavy (non-hydrogen) atoms. The van der Waals surface area contributed by atoms with E-state index in [0.29, 0.717) is 16.1 Å². The summed E-state index contributed by atoms with van der Waals surface area (Å²) in [5, 5.41) is 3.84. The van der Waals surface area contributed by atoms with Crippen LogP contribution in [0.25, 0.3) is 0 Å². The van der Waals surface area contributed by atoms with E-state index in [1.54, 1.807) is 31.2 Å². The van der Waals surface area contributed by atoms with Gasteiger partial charge in [0.05, 0.1) is 11.8 Å². The summed E-state index contributed by atoms with van der Waals surface area (Å²) in [6.45, 7) is 5.71. The molecule has 0 fully saturated rings. The molecule has 0 N–H and O–H groups in total. The Hall–Kier alpha value is -1.75. The molecule has 5 heteroatoms. The number of ether oxygens (including phenoxy) is 1. The van der Waals surface area contributed by atoms with E-state index in [4.69, 9.17) is 4.74 Å². The fraction of sp³-hybridized carbons (Fsp3) is 0.308. The highest BCUT2D eigenvalue weighted by atomic mass is 32.1. The van der Waals surface area contributed by atoms with E-state index in [1.807, 2.05) is 13.8 Å². The molecular weight excluding hydrogens is 248 g/mol. The predicted octanol–water partition coefficient (Wildman–Crippen LogP) is 2.86. The van der Waals surface area contributed by atoms with Crippen molar-refractivity contribution < 1.29 is 9.53 Å². The molecule has 1 aromatic carbocycles. The van der Waals surface area contributed by atoms with Crippen LogP contribution in [0.2, 0.25) is 0 Å². The van der Waals surface area contributed by atoms with E-state index < -0.39 is 0 Å². The van der Waals surface area contributed by atoms with Crippen molar-refractivity contribution in [2.45, 2.75) is 26.9 Å². The van der Waals surface area contributed by atoms with Crippen LogP contribution in [0.4, 0.5) is 0 Å². The summed E-state index contributed by atoms with van der Waals surface area (Å²) >= 11 is 1.13. The zero-order valence-corrected chi connectivity index (χ0v) is 11.3. The van der Waals surface area contributed by atoms with Gasteiger partial charge >= 0.3 is 0 Å². The van der Waals surface area contributed by atoms with Gasteiger partial charge in [-0.1, -0.05) is 4.49 Å². The van der Waals surface area contributed by atoms with E-state index in [9.17, 15) is 4.79 Å². The van der Waals surface area contributed by atoms with Gasteiger partial charge in [0.1, 0.15) is 10.6 Å². The lowest BCUT2D eigenvalue weighted by atomic mass is 10.1. The standard InChI is InChI=1S/C13H14N2O2S/c1-8(2)17-11-6-4-10(5-7-11)12(16)13-9(3)14-15-18-13/h4-8H,1-3H3. The molecule has 1 aromatic heterocycles. The Balaban J connectivity index is 2.20. The first-order valence-corrected chi connectivity index (χ1v) is 6.45. The molecule has 2 aromatic rings. The molecule has 2 rings (SSSR count). The largest absolute Gasteiger partial charge is 0.491 e. The number of rotatable bonds is 4. The summed E-state index contributed by atoms with van der Waals surface area (Å²) in [7, 11) is 0. The normalized spacial score (nSPS) is 10.7. The molecule has 4 nitrogen and oxygen atoms in total. The highest BCUT2D eigenvalue weighted by Gasteiger charge is 2.15. The molecule has 0 aliphatic rings. The maximum absolute atomic E-state index is 12.2. The first-order valence-electron chi connectivity index (χ1n) is 5.68. The van der Waals surface area contributed by atoms with Crippen molar-refractivity contribution in [2.24, 2.45) is 0 Å². The van der Waals surface area contributed by atoms with Crippen LogP contribution in [0.3, 0.4) is 0 Å². The Morgan fingerprint density at radius 2 is 1.94 bits per heavy atom. The van der Waals surface area contributed by atoms with Gasteiger partial charge in [-0.3, -0.25) is 4.79 Å². The number of hydrogen-bond acceptors (Lipinski definition) is 5. The number of carbonyl (C=O) groups excluding carboxylic acids is 1. The number of ketones is 1. The third-order valence-electron chi connectivity index (χ3n) is 2.35. The fourth-order valence-electron chi connectivity index (χ4n) is 1.53. The van der Waals surface area contributed by atoms with Crippen LogP contribution in [0.1, 0.15) is 34.8 Å². The van der Waals surface area contributed by atoms with Gasteiger partial charge in [-0.05, 0) is 56.6 Å². The van der Waals surface area contributed by atoms with Crippen LogP contribution >= 0.6 is 11.5 Å². The molecule has 0 aliphatic heterocycles. The van der Waals surface area contributed by atoms with E-state index in [2.05, 4.69) is 9.59 Å². The molecule has 0 bridgehead atoms. The van der Waals surface area contributed by atoms with Gasteiger partial charge in [0, 0.05) is 5.56 Å². The number of aryl methyl sites for hydroxylation is 1. The smallest absolute Gasteiger partial charge is 0.206 e. The molecule has 0 unspecified atom stereocenters. The third-order valence-corrected chi connectivity index (χ3v) is 3.17. The van der Waals surface area contributed by atoms with Crippen LogP contribution in [-0.2, 0) is 0 Å². The number of carbonyl (C=O) groups is 1. The van der Waals surface area contributed by atoms with Crippen molar-refractivity contribution >= 4 is 17.3 Å². The second kappa shape index (κ2) is 5.27. The van der Waals surface area contributed by atoms with Gasteiger partial charge in [-0.2, -0.15) is 0 Å². The van der Waals surface area contributed by atoms with Crippen molar-refractivity contribution in [1.29, 1.82) is 0 Å². The van der Waals surface area contributed by atoms with Crippen LogP contribution in [0.15, 0.2) is 24.3 Å². The molecule has 0 amide bonds. The SMILES string of the molecule is Cc1nnsc1C(=O)c1ccc(OC(C)C)cc1. The van der Waals surface area contributed by atoms with Crippen LogP contribution < -0.4 is 4.74 Å². The third kappa shape index (κ3) is 2.73. The molecule has 0 aliphatic carbocycles. The second-order valence-electron chi connectivity index (χ2n) is 4.21. The van der Waals surface area contributed by atoms with Crippen molar-refractivity contribution in [2.75, 3.05) is 0 Å². The topological polar surface area (TPSA) is 52.1 Å². The summed E-state index contributed by atoms with van der Waals surface area (Å²) in [5.74, 6) is 0.722. The number of aromatic nitrogens is 2. The molecule has 1 heterocycles. The second-order valence-corrected chi connectivity index (χ2v) is 4.96. The molecule has 0 saturated carbocycles. The van der Waals surface area contributed by atoms with Crippen molar-refractivity contribution in [3.05, 3.63) is 40.4 Å². The Kier molecular flexibility index (Phi) is 3.72. The summed E-state index contributed by atoms with van der Waals surface area (Å²) in [5.41, 5.74) is 1.30. The van der Waals surface area contributed by atoms with E-state index >= 15 is 0 Å². The Morgan fingerprint density at radius 1 is 1.28 bits per heavy atom. The Bertz CT molecular complexity index is 546. The van der Waals surface area contributed by atoms with Gasteiger partial charge in [0.15, 0.2) is 0 Å². The molecule has 0 radical (unpaired) electrons.